The molecule has 2 unspecified atom stereocenters. The average molecular weight is 243 g/mol. The third-order valence-electron chi connectivity index (χ3n) is 4.21. The molecule has 1 aromatic carbocycles. The van der Waals surface area contributed by atoms with Crippen LogP contribution in [0, 0.1) is 24.2 Å². The first-order chi connectivity index (χ1) is 8.43. The molecule has 1 saturated carbocycles. The standard InChI is InChI=1S/C16H21NO/c1-10(2)13-7-14(11(3)6-15(13)18-5)16(4)8-12(16)9-17/h6-7,10,12H,8H2,1-5H3. The molecular formula is C16H21NO. The summed E-state index contributed by atoms with van der Waals surface area (Å²) < 4.78 is 5.46. The van der Waals surface area contributed by atoms with Crippen molar-refractivity contribution >= 4 is 0 Å². The Morgan fingerprint density at radius 1 is 1.44 bits per heavy atom. The van der Waals surface area contributed by atoms with E-state index in [9.17, 15) is 0 Å². The first-order valence-electron chi connectivity index (χ1n) is 6.52. The van der Waals surface area contributed by atoms with Crippen molar-refractivity contribution in [2.45, 2.75) is 45.4 Å². The lowest BCUT2D eigenvalue weighted by molar-refractivity contribution is 0.406. The second-order valence-electron chi connectivity index (χ2n) is 5.87. The van der Waals surface area contributed by atoms with Crippen LogP contribution in [0.5, 0.6) is 5.75 Å². The molecule has 2 heteroatoms. The summed E-state index contributed by atoms with van der Waals surface area (Å²) in [6.07, 6.45) is 0.980. The number of benzene rings is 1. The van der Waals surface area contributed by atoms with Crippen molar-refractivity contribution in [2.75, 3.05) is 7.11 Å². The smallest absolute Gasteiger partial charge is 0.122 e. The predicted octanol–water partition coefficient (Wildman–Crippen LogP) is 3.93. The third kappa shape index (κ3) is 1.88. The van der Waals surface area contributed by atoms with Crippen molar-refractivity contribution in [1.82, 2.24) is 0 Å². The molecule has 1 aromatic rings. The van der Waals surface area contributed by atoms with Gasteiger partial charge in [0.1, 0.15) is 5.75 Å². The molecule has 18 heavy (non-hydrogen) atoms. The van der Waals surface area contributed by atoms with E-state index in [1.54, 1.807) is 7.11 Å². The van der Waals surface area contributed by atoms with E-state index in [1.165, 1.54) is 16.7 Å². The van der Waals surface area contributed by atoms with E-state index in [-0.39, 0.29) is 11.3 Å². The number of rotatable bonds is 3. The number of ether oxygens (including phenoxy) is 1. The summed E-state index contributed by atoms with van der Waals surface area (Å²) in [5.74, 6) is 1.57. The zero-order valence-corrected chi connectivity index (χ0v) is 11.9. The Bertz CT molecular complexity index is 513. The van der Waals surface area contributed by atoms with Gasteiger partial charge >= 0.3 is 0 Å². The lowest BCUT2D eigenvalue weighted by Crippen LogP contribution is -2.08. The lowest BCUT2D eigenvalue weighted by Gasteiger charge is -2.19. The van der Waals surface area contributed by atoms with E-state index in [0.717, 1.165) is 12.2 Å². The van der Waals surface area contributed by atoms with Crippen LogP contribution >= 0.6 is 0 Å². The summed E-state index contributed by atoms with van der Waals surface area (Å²) in [6, 6.07) is 6.76. The van der Waals surface area contributed by atoms with E-state index in [1.807, 2.05) is 0 Å². The Morgan fingerprint density at radius 2 is 2.11 bits per heavy atom. The van der Waals surface area contributed by atoms with Gasteiger partial charge in [0.05, 0.1) is 19.1 Å². The van der Waals surface area contributed by atoms with Crippen LogP contribution in [-0.2, 0) is 5.41 Å². The van der Waals surface area contributed by atoms with Gasteiger partial charge in [0.25, 0.3) is 0 Å². The van der Waals surface area contributed by atoms with Crippen LogP contribution < -0.4 is 4.74 Å². The van der Waals surface area contributed by atoms with E-state index < -0.39 is 0 Å². The zero-order valence-electron chi connectivity index (χ0n) is 11.9. The first-order valence-corrected chi connectivity index (χ1v) is 6.52. The normalized spacial score (nSPS) is 25.9. The van der Waals surface area contributed by atoms with Gasteiger partial charge in [0.2, 0.25) is 0 Å². The number of aryl methyl sites for hydroxylation is 1. The maximum absolute atomic E-state index is 9.10. The van der Waals surface area contributed by atoms with Crippen molar-refractivity contribution in [3.8, 4) is 11.8 Å². The Morgan fingerprint density at radius 3 is 2.56 bits per heavy atom. The Kier molecular flexibility index (Phi) is 3.11. The van der Waals surface area contributed by atoms with Gasteiger partial charge in [0, 0.05) is 5.41 Å². The molecular weight excluding hydrogens is 222 g/mol. The highest BCUT2D eigenvalue weighted by Gasteiger charge is 2.52. The van der Waals surface area contributed by atoms with Crippen LogP contribution in [0.1, 0.15) is 49.8 Å². The molecule has 2 atom stereocenters. The van der Waals surface area contributed by atoms with Crippen LogP contribution in [-0.4, -0.2) is 7.11 Å². The molecule has 0 amide bonds. The molecule has 1 aliphatic carbocycles. The van der Waals surface area contributed by atoms with Gasteiger partial charge in [-0.25, -0.2) is 0 Å². The fourth-order valence-electron chi connectivity index (χ4n) is 2.79. The molecule has 0 bridgehead atoms. The molecule has 0 radical (unpaired) electrons. The molecule has 0 spiro atoms. The summed E-state index contributed by atoms with van der Waals surface area (Å²) in [4.78, 5) is 0. The number of nitriles is 1. The number of methoxy groups -OCH3 is 1. The van der Waals surface area contributed by atoms with E-state index >= 15 is 0 Å². The lowest BCUT2D eigenvalue weighted by atomic mass is 9.87. The summed E-state index contributed by atoms with van der Waals surface area (Å²) in [5, 5.41) is 9.10. The minimum atomic E-state index is 0.0503. The van der Waals surface area contributed by atoms with Crippen molar-refractivity contribution < 1.29 is 4.74 Å². The SMILES string of the molecule is COc1cc(C)c(C2(C)CC2C#N)cc1C(C)C. The Hall–Kier alpha value is -1.49. The fraction of sp³-hybridized carbons (Fsp3) is 0.562. The summed E-state index contributed by atoms with van der Waals surface area (Å²) in [7, 11) is 1.72. The maximum atomic E-state index is 9.10. The molecule has 1 aliphatic rings. The number of hydrogen-bond acceptors (Lipinski definition) is 2. The molecule has 2 nitrogen and oxygen atoms in total. The van der Waals surface area contributed by atoms with Gasteiger partial charge < -0.3 is 4.74 Å². The molecule has 0 aromatic heterocycles. The van der Waals surface area contributed by atoms with Gasteiger partial charge in [-0.15, -0.1) is 0 Å². The van der Waals surface area contributed by atoms with E-state index in [4.69, 9.17) is 10.00 Å². The molecule has 0 aliphatic heterocycles. The molecule has 0 N–H and O–H groups in total. The van der Waals surface area contributed by atoms with Crippen molar-refractivity contribution in [3.63, 3.8) is 0 Å². The Labute approximate surface area is 110 Å². The summed E-state index contributed by atoms with van der Waals surface area (Å²) in [6.45, 7) is 8.65. The van der Waals surface area contributed by atoms with Crippen LogP contribution in [0.2, 0.25) is 0 Å². The molecule has 0 saturated heterocycles. The minimum absolute atomic E-state index is 0.0503. The van der Waals surface area contributed by atoms with Crippen molar-refractivity contribution in [1.29, 1.82) is 5.26 Å². The van der Waals surface area contributed by atoms with Gasteiger partial charge in [-0.2, -0.15) is 5.26 Å². The minimum Gasteiger partial charge on any atom is -0.496 e. The zero-order chi connectivity index (χ0) is 13.5. The van der Waals surface area contributed by atoms with E-state index in [0.29, 0.717) is 5.92 Å². The van der Waals surface area contributed by atoms with Crippen LogP contribution in [0.3, 0.4) is 0 Å². The average Bonchev–Trinajstić information content (AvgIpc) is 3.00. The summed E-state index contributed by atoms with van der Waals surface area (Å²) in [5.41, 5.74) is 3.84. The van der Waals surface area contributed by atoms with Crippen LogP contribution in [0.4, 0.5) is 0 Å². The molecule has 2 rings (SSSR count). The number of nitrogens with zero attached hydrogens (tertiary/aromatic N) is 1. The monoisotopic (exact) mass is 243 g/mol. The first kappa shape index (κ1) is 13.0. The van der Waals surface area contributed by atoms with E-state index in [2.05, 4.69) is 45.9 Å². The maximum Gasteiger partial charge on any atom is 0.122 e. The number of hydrogen-bond donors (Lipinski definition) is 0. The molecule has 0 heterocycles. The van der Waals surface area contributed by atoms with Crippen LogP contribution in [0.15, 0.2) is 12.1 Å². The van der Waals surface area contributed by atoms with Gasteiger partial charge in [-0.05, 0) is 42.0 Å². The highest BCUT2D eigenvalue weighted by Crippen LogP contribution is 2.55. The third-order valence-corrected chi connectivity index (χ3v) is 4.21. The topological polar surface area (TPSA) is 33.0 Å². The summed E-state index contributed by atoms with van der Waals surface area (Å²) >= 11 is 0. The van der Waals surface area contributed by atoms with Gasteiger partial charge in [-0.3, -0.25) is 0 Å². The largest absolute Gasteiger partial charge is 0.496 e. The fourth-order valence-corrected chi connectivity index (χ4v) is 2.79. The highest BCUT2D eigenvalue weighted by molar-refractivity contribution is 5.50. The Balaban J connectivity index is 2.51. The second kappa shape index (κ2) is 4.31. The second-order valence-corrected chi connectivity index (χ2v) is 5.87. The predicted molar refractivity (Wildman–Crippen MR) is 72.9 cm³/mol. The van der Waals surface area contributed by atoms with Gasteiger partial charge in [-0.1, -0.05) is 26.8 Å². The molecule has 1 fully saturated rings. The highest BCUT2D eigenvalue weighted by atomic mass is 16.5. The molecule has 96 valence electrons. The van der Waals surface area contributed by atoms with Crippen LogP contribution in [0.25, 0.3) is 0 Å². The van der Waals surface area contributed by atoms with Crippen molar-refractivity contribution in [3.05, 3.63) is 28.8 Å². The quantitative estimate of drug-likeness (QED) is 0.806. The van der Waals surface area contributed by atoms with Gasteiger partial charge in [0.15, 0.2) is 0 Å². The van der Waals surface area contributed by atoms with Crippen molar-refractivity contribution in [2.24, 2.45) is 5.92 Å².